The second kappa shape index (κ2) is 7.56. The number of anilines is 2. The number of piperazine rings is 1. The topological polar surface area (TPSA) is 67.5 Å². The summed E-state index contributed by atoms with van der Waals surface area (Å²) in [5.74, 6) is 1.31. The first-order valence-electron chi connectivity index (χ1n) is 7.82. The summed E-state index contributed by atoms with van der Waals surface area (Å²) in [5.41, 5.74) is 6.69. The summed E-state index contributed by atoms with van der Waals surface area (Å²) in [6, 6.07) is 2.55. The molecule has 0 aliphatic carbocycles. The van der Waals surface area contributed by atoms with Gasteiger partial charge in [0.1, 0.15) is 5.82 Å². The molecular weight excluding hydrogens is 266 g/mol. The molecular formula is C15H27N5O. The lowest BCUT2D eigenvalue weighted by Crippen LogP contribution is -2.54. The predicted octanol–water partition coefficient (Wildman–Crippen LogP) is 1.30. The van der Waals surface area contributed by atoms with Crippen molar-refractivity contribution < 1.29 is 4.74 Å². The van der Waals surface area contributed by atoms with Gasteiger partial charge in [0.25, 0.3) is 0 Å². The van der Waals surface area contributed by atoms with Gasteiger partial charge in [-0.25, -0.2) is 4.98 Å². The first-order valence-corrected chi connectivity index (χ1v) is 7.82. The van der Waals surface area contributed by atoms with Crippen molar-refractivity contribution >= 4 is 11.8 Å². The van der Waals surface area contributed by atoms with Crippen LogP contribution in [0.15, 0.2) is 6.07 Å². The highest BCUT2D eigenvalue weighted by molar-refractivity contribution is 5.44. The number of nitrogens with two attached hydrogens (primary N) is 1. The fourth-order valence-electron chi connectivity index (χ4n) is 2.85. The minimum atomic E-state index is 0.358. The van der Waals surface area contributed by atoms with E-state index in [9.17, 15) is 0 Å². The molecule has 0 bridgehead atoms. The smallest absolute Gasteiger partial charge is 0.222 e. The van der Waals surface area contributed by atoms with Crippen LogP contribution in [0.3, 0.4) is 0 Å². The number of nitrogens with zero attached hydrogens (tertiary/aromatic N) is 4. The second-order valence-corrected chi connectivity index (χ2v) is 5.47. The Kier molecular flexibility index (Phi) is 5.76. The van der Waals surface area contributed by atoms with Crippen molar-refractivity contribution in [1.29, 1.82) is 0 Å². The molecule has 6 nitrogen and oxygen atoms in total. The lowest BCUT2D eigenvalue weighted by molar-refractivity contribution is 0.0869. The van der Waals surface area contributed by atoms with Crippen molar-refractivity contribution in [2.24, 2.45) is 0 Å². The maximum atomic E-state index is 5.77. The molecule has 2 rings (SSSR count). The SMILES string of the molecule is CCOCCN1CCN(c2cc(C)nc(N)n2)C[C@@H]1CC. The zero-order valence-electron chi connectivity index (χ0n) is 13.4. The third-order valence-electron chi connectivity index (χ3n) is 3.98. The summed E-state index contributed by atoms with van der Waals surface area (Å²) in [6.07, 6.45) is 1.13. The normalized spacial score (nSPS) is 20.0. The molecule has 1 saturated heterocycles. The summed E-state index contributed by atoms with van der Waals surface area (Å²) in [4.78, 5) is 13.4. The zero-order chi connectivity index (χ0) is 15.2. The van der Waals surface area contributed by atoms with Crippen LogP contribution in [0.1, 0.15) is 26.0 Å². The highest BCUT2D eigenvalue weighted by Gasteiger charge is 2.26. The van der Waals surface area contributed by atoms with E-state index in [-0.39, 0.29) is 0 Å². The molecule has 6 heteroatoms. The van der Waals surface area contributed by atoms with Crippen molar-refractivity contribution in [1.82, 2.24) is 14.9 Å². The van der Waals surface area contributed by atoms with Gasteiger partial charge in [0.2, 0.25) is 5.95 Å². The van der Waals surface area contributed by atoms with E-state index >= 15 is 0 Å². The number of hydrogen-bond donors (Lipinski definition) is 1. The van der Waals surface area contributed by atoms with E-state index in [0.717, 1.165) is 57.3 Å². The van der Waals surface area contributed by atoms with Crippen LogP contribution in [0, 0.1) is 6.92 Å². The molecule has 0 unspecified atom stereocenters. The van der Waals surface area contributed by atoms with Crippen molar-refractivity contribution in [3.8, 4) is 0 Å². The number of rotatable bonds is 6. The maximum absolute atomic E-state index is 5.77. The fraction of sp³-hybridized carbons (Fsp3) is 0.733. The van der Waals surface area contributed by atoms with Gasteiger partial charge in [-0.15, -0.1) is 0 Å². The number of hydrogen-bond acceptors (Lipinski definition) is 6. The largest absolute Gasteiger partial charge is 0.380 e. The summed E-state index contributed by atoms with van der Waals surface area (Å²) < 4.78 is 5.48. The quantitative estimate of drug-likeness (QED) is 0.798. The number of nitrogen functional groups attached to an aromatic ring is 1. The predicted molar refractivity (Wildman–Crippen MR) is 85.5 cm³/mol. The summed E-state index contributed by atoms with van der Waals surface area (Å²) in [6.45, 7) is 11.8. The molecule has 0 radical (unpaired) electrons. The molecule has 0 aromatic carbocycles. The van der Waals surface area contributed by atoms with Crippen LogP contribution < -0.4 is 10.6 Å². The number of ether oxygens (including phenoxy) is 1. The van der Waals surface area contributed by atoms with E-state index in [1.54, 1.807) is 0 Å². The van der Waals surface area contributed by atoms with E-state index in [1.807, 2.05) is 19.9 Å². The molecule has 1 aromatic heterocycles. The van der Waals surface area contributed by atoms with Crippen molar-refractivity contribution in [3.63, 3.8) is 0 Å². The van der Waals surface area contributed by atoms with Crippen LogP contribution in [0.25, 0.3) is 0 Å². The molecule has 21 heavy (non-hydrogen) atoms. The van der Waals surface area contributed by atoms with Gasteiger partial charge >= 0.3 is 0 Å². The van der Waals surface area contributed by atoms with Gasteiger partial charge in [0, 0.05) is 50.6 Å². The molecule has 0 spiro atoms. The van der Waals surface area contributed by atoms with Crippen LogP contribution in [-0.4, -0.2) is 60.3 Å². The highest BCUT2D eigenvalue weighted by Crippen LogP contribution is 2.20. The molecule has 1 aromatic rings. The summed E-state index contributed by atoms with van der Waals surface area (Å²) in [7, 11) is 0. The Hall–Kier alpha value is -1.40. The fourth-order valence-corrected chi connectivity index (χ4v) is 2.85. The lowest BCUT2D eigenvalue weighted by atomic mass is 10.1. The molecule has 1 aliphatic heterocycles. The molecule has 0 saturated carbocycles. The van der Waals surface area contributed by atoms with E-state index in [1.165, 1.54) is 0 Å². The summed E-state index contributed by atoms with van der Waals surface area (Å²) >= 11 is 0. The van der Waals surface area contributed by atoms with Gasteiger partial charge in [-0.05, 0) is 20.3 Å². The molecule has 2 heterocycles. The average Bonchev–Trinajstić information content (AvgIpc) is 2.46. The Labute approximate surface area is 127 Å². The van der Waals surface area contributed by atoms with Gasteiger partial charge in [-0.1, -0.05) is 6.92 Å². The van der Waals surface area contributed by atoms with E-state index < -0.39 is 0 Å². The van der Waals surface area contributed by atoms with Crippen LogP contribution >= 0.6 is 0 Å². The molecule has 1 aliphatic rings. The van der Waals surface area contributed by atoms with Gasteiger partial charge < -0.3 is 15.4 Å². The Balaban J connectivity index is 1.99. The van der Waals surface area contributed by atoms with Crippen molar-refractivity contribution in [2.75, 3.05) is 50.0 Å². The Morgan fingerprint density at radius 1 is 1.33 bits per heavy atom. The van der Waals surface area contributed by atoms with E-state index in [4.69, 9.17) is 10.5 Å². The van der Waals surface area contributed by atoms with Crippen LogP contribution in [-0.2, 0) is 4.74 Å². The maximum Gasteiger partial charge on any atom is 0.222 e. The average molecular weight is 293 g/mol. The third kappa shape index (κ3) is 4.28. The zero-order valence-corrected chi connectivity index (χ0v) is 13.4. The second-order valence-electron chi connectivity index (χ2n) is 5.47. The van der Waals surface area contributed by atoms with Crippen LogP contribution in [0.4, 0.5) is 11.8 Å². The number of aromatic nitrogens is 2. The van der Waals surface area contributed by atoms with Gasteiger partial charge in [0.15, 0.2) is 0 Å². The van der Waals surface area contributed by atoms with E-state index in [2.05, 4.69) is 26.7 Å². The standard InChI is InChI=1S/C15H27N5O/c1-4-13-11-20(7-6-19(13)8-9-21-5-2)14-10-12(3)17-15(16)18-14/h10,13H,4-9,11H2,1-3H3,(H2,16,17,18)/t13-/m0/s1. The van der Waals surface area contributed by atoms with Gasteiger partial charge in [0.05, 0.1) is 6.61 Å². The summed E-state index contributed by atoms with van der Waals surface area (Å²) in [5, 5.41) is 0. The third-order valence-corrected chi connectivity index (χ3v) is 3.98. The Morgan fingerprint density at radius 2 is 2.14 bits per heavy atom. The van der Waals surface area contributed by atoms with Crippen molar-refractivity contribution in [3.05, 3.63) is 11.8 Å². The monoisotopic (exact) mass is 293 g/mol. The first-order chi connectivity index (χ1) is 10.1. The lowest BCUT2D eigenvalue weighted by Gasteiger charge is -2.41. The van der Waals surface area contributed by atoms with Gasteiger partial charge in [-0.2, -0.15) is 4.98 Å². The minimum absolute atomic E-state index is 0.358. The van der Waals surface area contributed by atoms with Gasteiger partial charge in [-0.3, -0.25) is 4.90 Å². The van der Waals surface area contributed by atoms with Crippen LogP contribution in [0.5, 0.6) is 0 Å². The molecule has 2 N–H and O–H groups in total. The Morgan fingerprint density at radius 3 is 2.81 bits per heavy atom. The molecule has 1 atom stereocenters. The van der Waals surface area contributed by atoms with E-state index in [0.29, 0.717) is 12.0 Å². The first kappa shape index (κ1) is 16.0. The minimum Gasteiger partial charge on any atom is -0.380 e. The number of aryl methyl sites for hydroxylation is 1. The van der Waals surface area contributed by atoms with Crippen molar-refractivity contribution in [2.45, 2.75) is 33.2 Å². The Bertz CT molecular complexity index is 433. The molecule has 1 fully saturated rings. The highest BCUT2D eigenvalue weighted by atomic mass is 16.5. The van der Waals surface area contributed by atoms with Crippen LogP contribution in [0.2, 0.25) is 0 Å². The molecule has 118 valence electrons. The molecule has 0 amide bonds.